The Bertz CT molecular complexity index is 408. The number of ether oxygens (including phenoxy) is 1. The third-order valence-electron chi connectivity index (χ3n) is 2.95. The van der Waals surface area contributed by atoms with E-state index in [1.807, 2.05) is 12.1 Å². The van der Waals surface area contributed by atoms with E-state index in [9.17, 15) is 0 Å². The molecule has 1 aliphatic heterocycles. The number of hydrogen-bond acceptors (Lipinski definition) is 2. The Morgan fingerprint density at radius 1 is 1.47 bits per heavy atom. The zero-order valence-electron chi connectivity index (χ0n) is 10.2. The first-order valence-corrected chi connectivity index (χ1v) is 7.25. The van der Waals surface area contributed by atoms with Crippen molar-refractivity contribution in [2.45, 2.75) is 24.8 Å². The van der Waals surface area contributed by atoms with Crippen LogP contribution in [0.3, 0.4) is 0 Å². The average molecular weight is 319 g/mol. The van der Waals surface area contributed by atoms with Gasteiger partial charge in [-0.15, -0.1) is 0 Å². The van der Waals surface area contributed by atoms with Crippen LogP contribution in [-0.4, -0.2) is 25.3 Å². The largest absolute Gasteiger partial charge is 0.372 e. The van der Waals surface area contributed by atoms with Crippen molar-refractivity contribution in [1.29, 1.82) is 0 Å². The Morgan fingerprint density at radius 3 is 2.88 bits per heavy atom. The van der Waals surface area contributed by atoms with Crippen molar-refractivity contribution in [3.8, 4) is 0 Å². The molecule has 17 heavy (non-hydrogen) atoms. The molecular weight excluding hydrogens is 302 g/mol. The van der Waals surface area contributed by atoms with E-state index in [4.69, 9.17) is 16.3 Å². The van der Waals surface area contributed by atoms with E-state index in [2.05, 4.69) is 40.7 Å². The number of alkyl halides is 1. The predicted molar refractivity (Wildman–Crippen MR) is 76.3 cm³/mol. The second-order valence-electron chi connectivity index (χ2n) is 4.94. The topological polar surface area (TPSA) is 12.5 Å². The van der Waals surface area contributed by atoms with Crippen LogP contribution in [-0.2, 0) is 10.1 Å². The first-order chi connectivity index (χ1) is 8.02. The van der Waals surface area contributed by atoms with Crippen molar-refractivity contribution in [3.63, 3.8) is 0 Å². The Hall–Kier alpha value is -0.250. The lowest BCUT2D eigenvalue weighted by Crippen LogP contribution is -2.48. The fourth-order valence-electron chi connectivity index (χ4n) is 2.19. The lowest BCUT2D eigenvalue weighted by molar-refractivity contribution is -0.0277. The van der Waals surface area contributed by atoms with Gasteiger partial charge >= 0.3 is 0 Å². The van der Waals surface area contributed by atoms with Gasteiger partial charge in [-0.2, -0.15) is 0 Å². The van der Waals surface area contributed by atoms with E-state index in [1.165, 1.54) is 11.3 Å². The van der Waals surface area contributed by atoms with E-state index in [0.717, 1.165) is 30.0 Å². The van der Waals surface area contributed by atoms with Gasteiger partial charge in [0, 0.05) is 29.1 Å². The van der Waals surface area contributed by atoms with E-state index < -0.39 is 0 Å². The standard InChI is InChI=1S/C13H17BrClNO/c1-13(2)9-16(5-6-17-13)12-4-3-11(15)7-10(12)8-14/h3-4,7H,5-6,8-9H2,1-2H3. The van der Waals surface area contributed by atoms with Crippen molar-refractivity contribution >= 4 is 33.2 Å². The molecule has 0 bridgehead atoms. The monoisotopic (exact) mass is 317 g/mol. The molecule has 0 atom stereocenters. The SMILES string of the molecule is CC1(C)CN(c2ccc(Cl)cc2CBr)CCO1. The Balaban J connectivity index is 2.27. The summed E-state index contributed by atoms with van der Waals surface area (Å²) in [5, 5.41) is 1.61. The molecule has 0 aromatic heterocycles. The number of nitrogens with zero attached hydrogens (tertiary/aromatic N) is 1. The van der Waals surface area contributed by atoms with Crippen LogP contribution < -0.4 is 4.90 Å². The first kappa shape index (κ1) is 13.2. The van der Waals surface area contributed by atoms with Crippen LogP contribution in [0.1, 0.15) is 19.4 Å². The van der Waals surface area contributed by atoms with Gasteiger partial charge in [-0.05, 0) is 37.6 Å². The van der Waals surface area contributed by atoms with Gasteiger partial charge in [-0.25, -0.2) is 0 Å². The Kier molecular flexibility index (Phi) is 4.01. The number of benzene rings is 1. The van der Waals surface area contributed by atoms with Gasteiger partial charge in [0.25, 0.3) is 0 Å². The summed E-state index contributed by atoms with van der Waals surface area (Å²) in [7, 11) is 0. The number of rotatable bonds is 2. The minimum absolute atomic E-state index is 0.0819. The maximum atomic E-state index is 6.03. The van der Waals surface area contributed by atoms with Gasteiger partial charge in [0.05, 0.1) is 12.2 Å². The molecule has 0 spiro atoms. The van der Waals surface area contributed by atoms with Crippen molar-refractivity contribution < 1.29 is 4.74 Å². The third-order valence-corrected chi connectivity index (χ3v) is 3.79. The van der Waals surface area contributed by atoms with Gasteiger partial charge in [0.2, 0.25) is 0 Å². The quantitative estimate of drug-likeness (QED) is 0.768. The summed E-state index contributed by atoms with van der Waals surface area (Å²) in [5.41, 5.74) is 2.40. The van der Waals surface area contributed by atoms with Crippen molar-refractivity contribution in [2.24, 2.45) is 0 Å². The molecule has 1 heterocycles. The van der Waals surface area contributed by atoms with Crippen molar-refractivity contribution in [3.05, 3.63) is 28.8 Å². The first-order valence-electron chi connectivity index (χ1n) is 5.75. The normalized spacial score (nSPS) is 19.4. The zero-order chi connectivity index (χ0) is 12.5. The van der Waals surface area contributed by atoms with E-state index in [1.54, 1.807) is 0 Å². The predicted octanol–water partition coefficient (Wildman–Crippen LogP) is 3.85. The summed E-state index contributed by atoms with van der Waals surface area (Å²) in [6, 6.07) is 6.07. The number of anilines is 1. The van der Waals surface area contributed by atoms with Crippen LogP contribution in [0.4, 0.5) is 5.69 Å². The van der Waals surface area contributed by atoms with Crippen LogP contribution in [0.2, 0.25) is 5.02 Å². The number of morpholine rings is 1. The molecule has 0 aliphatic carbocycles. The van der Waals surface area contributed by atoms with Gasteiger partial charge in [-0.1, -0.05) is 27.5 Å². The molecule has 0 amide bonds. The molecule has 2 nitrogen and oxygen atoms in total. The summed E-state index contributed by atoms with van der Waals surface area (Å²) in [4.78, 5) is 2.37. The molecule has 0 radical (unpaired) electrons. The average Bonchev–Trinajstić information content (AvgIpc) is 2.27. The van der Waals surface area contributed by atoms with Gasteiger partial charge in [0.1, 0.15) is 0 Å². The summed E-state index contributed by atoms with van der Waals surface area (Å²) in [6.45, 7) is 6.88. The molecule has 1 aromatic carbocycles. The lowest BCUT2D eigenvalue weighted by Gasteiger charge is -2.40. The highest BCUT2D eigenvalue weighted by Crippen LogP contribution is 2.29. The Morgan fingerprint density at radius 2 is 2.24 bits per heavy atom. The van der Waals surface area contributed by atoms with E-state index in [0.29, 0.717) is 0 Å². The fourth-order valence-corrected chi connectivity index (χ4v) is 2.84. The van der Waals surface area contributed by atoms with Crippen molar-refractivity contribution in [1.82, 2.24) is 0 Å². The minimum Gasteiger partial charge on any atom is -0.372 e. The Labute approximate surface area is 116 Å². The fraction of sp³-hybridized carbons (Fsp3) is 0.538. The molecule has 0 unspecified atom stereocenters. The molecule has 4 heteroatoms. The minimum atomic E-state index is -0.0819. The van der Waals surface area contributed by atoms with Gasteiger partial charge < -0.3 is 9.64 Å². The second-order valence-corrected chi connectivity index (χ2v) is 5.93. The maximum absolute atomic E-state index is 6.03. The second kappa shape index (κ2) is 5.17. The molecular formula is C13H17BrClNO. The highest BCUT2D eigenvalue weighted by Gasteiger charge is 2.28. The van der Waals surface area contributed by atoms with Crippen LogP contribution in [0.25, 0.3) is 0 Å². The molecule has 0 N–H and O–H groups in total. The molecule has 1 aliphatic rings. The zero-order valence-corrected chi connectivity index (χ0v) is 12.5. The number of halogens is 2. The lowest BCUT2D eigenvalue weighted by atomic mass is 10.1. The number of hydrogen-bond donors (Lipinski definition) is 0. The molecule has 0 saturated carbocycles. The molecule has 94 valence electrons. The van der Waals surface area contributed by atoms with Gasteiger partial charge in [-0.3, -0.25) is 0 Å². The van der Waals surface area contributed by atoms with Crippen LogP contribution in [0.15, 0.2) is 18.2 Å². The molecule has 2 rings (SSSR count). The van der Waals surface area contributed by atoms with E-state index >= 15 is 0 Å². The van der Waals surface area contributed by atoms with Gasteiger partial charge in [0.15, 0.2) is 0 Å². The van der Waals surface area contributed by atoms with Crippen LogP contribution >= 0.6 is 27.5 Å². The van der Waals surface area contributed by atoms with Crippen LogP contribution in [0.5, 0.6) is 0 Å². The molecule has 1 aromatic rings. The van der Waals surface area contributed by atoms with Crippen molar-refractivity contribution in [2.75, 3.05) is 24.6 Å². The molecule has 1 fully saturated rings. The summed E-state index contributed by atoms with van der Waals surface area (Å²) < 4.78 is 5.73. The highest BCUT2D eigenvalue weighted by molar-refractivity contribution is 9.08. The van der Waals surface area contributed by atoms with E-state index in [-0.39, 0.29) is 5.60 Å². The summed E-state index contributed by atoms with van der Waals surface area (Å²) in [5.74, 6) is 0. The molecule has 1 saturated heterocycles. The maximum Gasteiger partial charge on any atom is 0.0801 e. The highest BCUT2D eigenvalue weighted by atomic mass is 79.9. The summed E-state index contributed by atoms with van der Waals surface area (Å²) in [6.07, 6.45) is 0. The third kappa shape index (κ3) is 3.15. The smallest absolute Gasteiger partial charge is 0.0801 e. The van der Waals surface area contributed by atoms with Crippen LogP contribution in [0, 0.1) is 0 Å². The summed E-state index contributed by atoms with van der Waals surface area (Å²) >= 11 is 9.55.